The third-order valence-electron chi connectivity index (χ3n) is 5.19. The maximum absolute atomic E-state index is 12.9. The van der Waals surface area contributed by atoms with Crippen LogP contribution in [-0.4, -0.2) is 19.1 Å². The van der Waals surface area contributed by atoms with Crippen molar-refractivity contribution in [1.29, 1.82) is 0 Å². The lowest BCUT2D eigenvalue weighted by Crippen LogP contribution is -2.23. The molecule has 26 heavy (non-hydrogen) atoms. The highest BCUT2D eigenvalue weighted by Gasteiger charge is 2.32. The molecule has 4 heteroatoms. The zero-order valence-electron chi connectivity index (χ0n) is 15.0. The van der Waals surface area contributed by atoms with Crippen molar-refractivity contribution in [3.63, 3.8) is 0 Å². The Morgan fingerprint density at radius 3 is 2.42 bits per heavy atom. The van der Waals surface area contributed by atoms with Crippen molar-refractivity contribution >= 4 is 17.3 Å². The van der Waals surface area contributed by atoms with E-state index in [1.807, 2.05) is 42.5 Å². The molecule has 0 atom stereocenters. The minimum absolute atomic E-state index is 0.0561. The van der Waals surface area contributed by atoms with E-state index >= 15 is 0 Å². The Balaban J connectivity index is 1.66. The molecule has 0 aromatic heterocycles. The second-order valence-corrected chi connectivity index (χ2v) is 6.85. The van der Waals surface area contributed by atoms with Crippen LogP contribution in [0.2, 0.25) is 0 Å². The van der Waals surface area contributed by atoms with Crippen LogP contribution in [0.25, 0.3) is 5.70 Å². The molecule has 1 aliphatic carbocycles. The van der Waals surface area contributed by atoms with E-state index < -0.39 is 0 Å². The first-order chi connectivity index (χ1) is 12.7. The predicted octanol–water partition coefficient (Wildman–Crippen LogP) is 5.04. The summed E-state index contributed by atoms with van der Waals surface area (Å²) in [7, 11) is 1.64. The Morgan fingerprint density at radius 2 is 1.73 bits per heavy atom. The quantitative estimate of drug-likeness (QED) is 0.776. The Kier molecular flexibility index (Phi) is 4.41. The molecule has 1 fully saturated rings. The van der Waals surface area contributed by atoms with Crippen LogP contribution < -0.4 is 14.4 Å². The zero-order chi connectivity index (χ0) is 18.1. The van der Waals surface area contributed by atoms with Gasteiger partial charge in [0.05, 0.1) is 24.6 Å². The van der Waals surface area contributed by atoms with Crippen molar-refractivity contribution in [2.75, 3.05) is 12.0 Å². The van der Waals surface area contributed by atoms with Crippen molar-refractivity contribution < 1.29 is 14.3 Å². The molecule has 4 nitrogen and oxygen atoms in total. The van der Waals surface area contributed by atoms with Crippen LogP contribution in [-0.2, 0) is 0 Å². The van der Waals surface area contributed by atoms with Crippen molar-refractivity contribution in [2.24, 2.45) is 0 Å². The first-order valence-corrected chi connectivity index (χ1v) is 9.16. The third-order valence-corrected chi connectivity index (χ3v) is 5.19. The van der Waals surface area contributed by atoms with Gasteiger partial charge in [0.2, 0.25) is 0 Å². The Morgan fingerprint density at radius 1 is 1.00 bits per heavy atom. The molecule has 0 bridgehead atoms. The molecule has 0 spiro atoms. The zero-order valence-corrected chi connectivity index (χ0v) is 15.0. The van der Waals surface area contributed by atoms with Crippen molar-refractivity contribution in [3.8, 4) is 11.5 Å². The summed E-state index contributed by atoms with van der Waals surface area (Å²) in [6.45, 7) is 4.12. The van der Waals surface area contributed by atoms with Crippen LogP contribution in [0.15, 0.2) is 49.0 Å². The van der Waals surface area contributed by atoms with Crippen molar-refractivity contribution in [2.45, 2.75) is 38.2 Å². The van der Waals surface area contributed by atoms with Gasteiger partial charge in [-0.25, -0.2) is 0 Å². The Bertz CT molecular complexity index is 817. The van der Waals surface area contributed by atoms with E-state index in [1.54, 1.807) is 12.0 Å². The van der Waals surface area contributed by atoms with Crippen molar-refractivity contribution in [1.82, 2.24) is 0 Å². The molecule has 2 aliphatic rings. The predicted molar refractivity (Wildman–Crippen MR) is 103 cm³/mol. The Labute approximate surface area is 154 Å². The molecule has 2 aromatic carbocycles. The normalized spacial score (nSPS) is 17.3. The number of benzene rings is 2. The minimum atomic E-state index is -0.0561. The molecule has 1 aliphatic heterocycles. The average Bonchev–Trinajstić information content (AvgIpc) is 2.94. The molecule has 1 heterocycles. The van der Waals surface area contributed by atoms with Gasteiger partial charge in [0.1, 0.15) is 0 Å². The van der Waals surface area contributed by atoms with Gasteiger partial charge in [-0.15, -0.1) is 0 Å². The van der Waals surface area contributed by atoms with Crippen LogP contribution in [0.5, 0.6) is 11.5 Å². The number of hydrogen-bond donors (Lipinski definition) is 0. The second-order valence-electron chi connectivity index (χ2n) is 6.85. The highest BCUT2D eigenvalue weighted by Crippen LogP contribution is 2.40. The number of nitrogens with zero attached hydrogens (tertiary/aromatic N) is 1. The summed E-state index contributed by atoms with van der Waals surface area (Å²) in [4.78, 5) is 14.5. The number of fused-ring (bicyclic) bond motifs is 1. The summed E-state index contributed by atoms with van der Waals surface area (Å²) in [5, 5.41) is 0. The maximum atomic E-state index is 12.9. The van der Waals surface area contributed by atoms with E-state index in [-0.39, 0.29) is 12.0 Å². The van der Waals surface area contributed by atoms with Gasteiger partial charge in [-0.05, 0) is 43.9 Å². The summed E-state index contributed by atoms with van der Waals surface area (Å²) in [6, 6.07) is 13.2. The first-order valence-electron chi connectivity index (χ1n) is 9.16. The summed E-state index contributed by atoms with van der Waals surface area (Å²) in [5.41, 5.74) is 3.01. The molecular weight excluding hydrogens is 326 g/mol. The summed E-state index contributed by atoms with van der Waals surface area (Å²) < 4.78 is 11.7. The standard InChI is InChI=1S/C22H23NO3/c1-15-18-10-6-7-11-19(18)22(24)23(15)16-12-13-20(25-2)21(14-16)26-17-8-4-3-5-9-17/h6-7,10-14,17H,1,3-5,8-9H2,2H3. The Hall–Kier alpha value is -2.75. The topological polar surface area (TPSA) is 38.8 Å². The number of ether oxygens (including phenoxy) is 2. The summed E-state index contributed by atoms with van der Waals surface area (Å²) >= 11 is 0. The van der Waals surface area contributed by atoms with Gasteiger partial charge in [0.15, 0.2) is 11.5 Å². The van der Waals surface area contributed by atoms with Gasteiger partial charge in [-0.3, -0.25) is 9.69 Å². The molecular formula is C22H23NO3. The number of anilines is 1. The molecule has 0 unspecified atom stereocenters. The average molecular weight is 349 g/mol. The number of carbonyl (C=O) groups excluding carboxylic acids is 1. The minimum Gasteiger partial charge on any atom is -0.493 e. The molecule has 1 saturated carbocycles. The van der Waals surface area contributed by atoms with E-state index in [4.69, 9.17) is 9.47 Å². The first kappa shape index (κ1) is 16.7. The van der Waals surface area contributed by atoms with E-state index in [0.717, 1.165) is 24.1 Å². The van der Waals surface area contributed by atoms with Crippen LogP contribution in [0.4, 0.5) is 5.69 Å². The summed E-state index contributed by atoms with van der Waals surface area (Å²) in [5.74, 6) is 1.32. The molecule has 0 radical (unpaired) electrons. The van der Waals surface area contributed by atoms with Crippen LogP contribution in [0.1, 0.15) is 48.0 Å². The second kappa shape index (κ2) is 6.87. The monoisotopic (exact) mass is 349 g/mol. The summed E-state index contributed by atoms with van der Waals surface area (Å²) in [6.07, 6.45) is 6.01. The smallest absolute Gasteiger partial charge is 0.263 e. The van der Waals surface area contributed by atoms with E-state index in [2.05, 4.69) is 6.58 Å². The van der Waals surface area contributed by atoms with Gasteiger partial charge >= 0.3 is 0 Å². The van der Waals surface area contributed by atoms with Gasteiger partial charge in [0, 0.05) is 17.2 Å². The van der Waals surface area contributed by atoms with Crippen molar-refractivity contribution in [3.05, 3.63) is 60.2 Å². The molecule has 134 valence electrons. The number of hydrogen-bond acceptors (Lipinski definition) is 3. The van der Waals surface area contributed by atoms with Gasteiger partial charge in [0.25, 0.3) is 5.91 Å². The van der Waals surface area contributed by atoms with Crippen LogP contribution >= 0.6 is 0 Å². The number of carbonyl (C=O) groups is 1. The molecule has 0 N–H and O–H groups in total. The third kappa shape index (κ3) is 2.85. The molecule has 0 saturated heterocycles. The van der Waals surface area contributed by atoms with Crippen LogP contribution in [0, 0.1) is 0 Å². The fourth-order valence-corrected chi connectivity index (χ4v) is 3.82. The largest absolute Gasteiger partial charge is 0.493 e. The molecule has 2 aromatic rings. The fourth-order valence-electron chi connectivity index (χ4n) is 3.82. The van der Waals surface area contributed by atoms with Gasteiger partial charge < -0.3 is 9.47 Å². The highest BCUT2D eigenvalue weighted by atomic mass is 16.5. The van der Waals surface area contributed by atoms with Gasteiger partial charge in [-0.2, -0.15) is 0 Å². The van der Waals surface area contributed by atoms with E-state index in [1.165, 1.54) is 19.3 Å². The SMILES string of the molecule is C=C1c2ccccc2C(=O)N1c1ccc(OC)c(OC2CCCCC2)c1. The van der Waals surface area contributed by atoms with E-state index in [9.17, 15) is 4.79 Å². The lowest BCUT2D eigenvalue weighted by Gasteiger charge is -2.25. The number of methoxy groups -OCH3 is 1. The van der Waals surface area contributed by atoms with Crippen LogP contribution in [0.3, 0.4) is 0 Å². The van der Waals surface area contributed by atoms with Gasteiger partial charge in [-0.1, -0.05) is 31.2 Å². The molecule has 1 amide bonds. The lowest BCUT2D eigenvalue weighted by molar-refractivity contribution is 0.101. The fraction of sp³-hybridized carbons (Fsp3) is 0.318. The number of rotatable bonds is 4. The number of amides is 1. The molecule has 4 rings (SSSR count). The maximum Gasteiger partial charge on any atom is 0.263 e. The highest BCUT2D eigenvalue weighted by molar-refractivity contribution is 6.22. The van der Waals surface area contributed by atoms with E-state index in [0.29, 0.717) is 22.8 Å². The lowest BCUT2D eigenvalue weighted by atomic mass is 9.98.